The highest BCUT2D eigenvalue weighted by atomic mass is 127. The molecule has 0 N–H and O–H groups in total. The van der Waals surface area contributed by atoms with Crippen LogP contribution in [0.1, 0.15) is 82.2 Å². The molecule has 1 rings (SSSR count). The number of rotatable bonds is 11. The van der Waals surface area contributed by atoms with Gasteiger partial charge in [-0.1, -0.05) is 52.4 Å². The SMILES string of the molecule is CCCCCCc1c(S)c(S)c(C=C=O)[n+](C)c1CCCCCC.[I-]. The van der Waals surface area contributed by atoms with Gasteiger partial charge in [-0.2, -0.15) is 4.57 Å². The van der Waals surface area contributed by atoms with E-state index < -0.39 is 0 Å². The number of thiol groups is 2. The summed E-state index contributed by atoms with van der Waals surface area (Å²) in [5, 5.41) is 0. The second-order valence-electron chi connectivity index (χ2n) is 6.45. The van der Waals surface area contributed by atoms with Crippen molar-refractivity contribution in [3.63, 3.8) is 0 Å². The van der Waals surface area contributed by atoms with Crippen molar-refractivity contribution in [2.45, 2.75) is 87.8 Å². The average molecular weight is 494 g/mol. The molecule has 1 aromatic rings. The van der Waals surface area contributed by atoms with Crippen molar-refractivity contribution in [3.8, 4) is 0 Å². The van der Waals surface area contributed by atoms with Crippen LogP contribution in [0.3, 0.4) is 0 Å². The van der Waals surface area contributed by atoms with Gasteiger partial charge in [0.25, 0.3) is 0 Å². The van der Waals surface area contributed by atoms with E-state index in [9.17, 15) is 4.79 Å². The Morgan fingerprint density at radius 2 is 1.48 bits per heavy atom. The Hall–Kier alpha value is 0.0300. The van der Waals surface area contributed by atoms with Gasteiger partial charge in [-0.3, -0.25) is 0 Å². The summed E-state index contributed by atoms with van der Waals surface area (Å²) >= 11 is 9.35. The standard InChI is InChI=1S/C20H31NOS2.HI/c1-4-6-8-10-12-16-17(13-11-9-7-5-2)21(3)18(14-15-22)20(24)19(16)23;/h14,24H,4-13H2,1-3H3;1H. The summed E-state index contributed by atoms with van der Waals surface area (Å²) in [5.74, 6) is 1.90. The molecule has 2 nitrogen and oxygen atoms in total. The summed E-state index contributed by atoms with van der Waals surface area (Å²) in [7, 11) is 2.03. The number of nitrogens with zero attached hydrogens (tertiary/aromatic N) is 1. The lowest BCUT2D eigenvalue weighted by atomic mass is 9.99. The number of hydrogen-bond acceptors (Lipinski definition) is 3. The minimum absolute atomic E-state index is 0. The van der Waals surface area contributed by atoms with Gasteiger partial charge in [0, 0.05) is 16.9 Å². The van der Waals surface area contributed by atoms with E-state index in [0.717, 1.165) is 28.3 Å². The molecule has 0 aromatic carbocycles. The van der Waals surface area contributed by atoms with Gasteiger partial charge < -0.3 is 24.0 Å². The first-order valence-corrected chi connectivity index (χ1v) is 10.1. The van der Waals surface area contributed by atoms with Crippen LogP contribution in [0.5, 0.6) is 0 Å². The fourth-order valence-electron chi connectivity index (χ4n) is 3.16. The Morgan fingerprint density at radius 3 is 2.00 bits per heavy atom. The largest absolute Gasteiger partial charge is 1.00 e. The van der Waals surface area contributed by atoms with Crippen molar-refractivity contribution >= 4 is 37.3 Å². The molecule has 1 heterocycles. The second kappa shape index (κ2) is 14.1. The van der Waals surface area contributed by atoms with E-state index >= 15 is 0 Å². The van der Waals surface area contributed by atoms with Gasteiger partial charge in [0.05, 0.1) is 11.0 Å². The number of halogens is 1. The van der Waals surface area contributed by atoms with Crippen LogP contribution in [-0.2, 0) is 24.7 Å². The fraction of sp³-hybridized carbons (Fsp3) is 0.650. The van der Waals surface area contributed by atoms with Gasteiger partial charge >= 0.3 is 0 Å². The maximum Gasteiger partial charge on any atom is 0.230 e. The summed E-state index contributed by atoms with van der Waals surface area (Å²) in [6, 6.07) is 0. The molecule has 0 bridgehead atoms. The summed E-state index contributed by atoms with van der Waals surface area (Å²) in [5.41, 5.74) is 3.41. The topological polar surface area (TPSA) is 20.9 Å². The Kier molecular flexibility index (Phi) is 14.1. The number of aromatic nitrogens is 1. The normalized spacial score (nSPS) is 10.3. The first kappa shape index (κ1) is 25.0. The smallest absolute Gasteiger partial charge is 0.230 e. The average Bonchev–Trinajstić information content (AvgIpc) is 2.58. The maximum atomic E-state index is 10.9. The quantitative estimate of drug-likeness (QED) is 0.159. The molecule has 0 unspecified atom stereocenters. The highest BCUT2D eigenvalue weighted by Crippen LogP contribution is 2.29. The highest BCUT2D eigenvalue weighted by molar-refractivity contribution is 7.83. The van der Waals surface area contributed by atoms with Crippen LogP contribution in [0.2, 0.25) is 0 Å². The molecular formula is C20H32INOS2. The first-order valence-electron chi connectivity index (χ1n) is 9.24. The Bertz CT molecular complexity index is 584. The lowest BCUT2D eigenvalue weighted by molar-refractivity contribution is -0.683. The number of hydrogen-bond donors (Lipinski definition) is 2. The number of pyridine rings is 1. The predicted molar refractivity (Wildman–Crippen MR) is 108 cm³/mol. The summed E-state index contributed by atoms with van der Waals surface area (Å²) < 4.78 is 2.12. The van der Waals surface area contributed by atoms with E-state index in [-0.39, 0.29) is 24.0 Å². The van der Waals surface area contributed by atoms with Crippen LogP contribution in [0.25, 0.3) is 6.08 Å². The van der Waals surface area contributed by atoms with E-state index in [2.05, 4.69) is 31.0 Å². The minimum atomic E-state index is 0. The zero-order valence-electron chi connectivity index (χ0n) is 15.8. The molecule has 0 amide bonds. The van der Waals surface area contributed by atoms with Gasteiger partial charge in [-0.15, -0.1) is 25.3 Å². The molecule has 0 spiro atoms. The Labute approximate surface area is 181 Å². The Balaban J connectivity index is 0.00000576. The molecular weight excluding hydrogens is 461 g/mol. The number of unbranched alkanes of at least 4 members (excludes halogenated alkanes) is 6. The van der Waals surface area contributed by atoms with Crippen LogP contribution >= 0.6 is 25.3 Å². The monoisotopic (exact) mass is 493 g/mol. The van der Waals surface area contributed by atoms with Gasteiger partial charge in [0.2, 0.25) is 5.69 Å². The Morgan fingerprint density at radius 1 is 0.920 bits per heavy atom. The predicted octanol–water partition coefficient (Wildman–Crippen LogP) is 2.18. The third-order valence-corrected chi connectivity index (χ3v) is 5.73. The molecule has 142 valence electrons. The minimum Gasteiger partial charge on any atom is -1.00 e. The van der Waals surface area contributed by atoms with Crippen LogP contribution in [0, 0.1) is 0 Å². The molecule has 0 aliphatic carbocycles. The van der Waals surface area contributed by atoms with E-state index in [4.69, 9.17) is 12.6 Å². The van der Waals surface area contributed by atoms with E-state index in [0.29, 0.717) is 0 Å². The first-order chi connectivity index (χ1) is 11.6. The third kappa shape index (κ3) is 7.66. The van der Waals surface area contributed by atoms with Crippen molar-refractivity contribution in [1.29, 1.82) is 0 Å². The van der Waals surface area contributed by atoms with Crippen molar-refractivity contribution < 1.29 is 33.3 Å². The van der Waals surface area contributed by atoms with E-state index in [1.165, 1.54) is 68.7 Å². The van der Waals surface area contributed by atoms with Gasteiger partial charge in [0.15, 0.2) is 5.69 Å². The van der Waals surface area contributed by atoms with E-state index in [1.54, 1.807) is 0 Å². The van der Waals surface area contributed by atoms with E-state index in [1.807, 2.05) is 13.0 Å². The van der Waals surface area contributed by atoms with Crippen LogP contribution < -0.4 is 28.5 Å². The van der Waals surface area contributed by atoms with Crippen molar-refractivity contribution in [3.05, 3.63) is 17.0 Å². The summed E-state index contributed by atoms with van der Waals surface area (Å²) in [4.78, 5) is 12.6. The molecule has 0 aliphatic rings. The molecule has 1 aromatic heterocycles. The fourth-order valence-corrected chi connectivity index (χ4v) is 3.86. The lowest BCUT2D eigenvalue weighted by Gasteiger charge is -2.14. The molecule has 25 heavy (non-hydrogen) atoms. The van der Waals surface area contributed by atoms with Crippen LogP contribution in [-0.4, -0.2) is 5.94 Å². The van der Waals surface area contributed by atoms with Crippen LogP contribution in [0.15, 0.2) is 9.79 Å². The van der Waals surface area contributed by atoms with Crippen LogP contribution in [0.4, 0.5) is 0 Å². The number of carbonyl (C=O) groups excluding carboxylic acids is 1. The molecule has 0 aliphatic heterocycles. The highest BCUT2D eigenvalue weighted by Gasteiger charge is 2.24. The van der Waals surface area contributed by atoms with Crippen molar-refractivity contribution in [2.24, 2.45) is 7.05 Å². The molecule has 5 heteroatoms. The van der Waals surface area contributed by atoms with Gasteiger partial charge in [-0.05, 0) is 19.3 Å². The molecule has 0 atom stereocenters. The zero-order valence-corrected chi connectivity index (χ0v) is 19.7. The third-order valence-electron chi connectivity index (χ3n) is 4.61. The molecule has 0 radical (unpaired) electrons. The second-order valence-corrected chi connectivity index (χ2v) is 7.34. The summed E-state index contributed by atoms with van der Waals surface area (Å²) in [6.07, 6.45) is 13.4. The van der Waals surface area contributed by atoms with Crippen molar-refractivity contribution in [2.75, 3.05) is 0 Å². The van der Waals surface area contributed by atoms with Gasteiger partial charge in [-0.25, -0.2) is 4.79 Å². The van der Waals surface area contributed by atoms with Crippen molar-refractivity contribution in [1.82, 2.24) is 0 Å². The summed E-state index contributed by atoms with van der Waals surface area (Å²) in [6.45, 7) is 4.46. The van der Waals surface area contributed by atoms with Gasteiger partial charge in [0.1, 0.15) is 13.0 Å². The molecule has 0 fully saturated rings. The zero-order chi connectivity index (χ0) is 17.9. The maximum absolute atomic E-state index is 10.9. The lowest BCUT2D eigenvalue weighted by Crippen LogP contribution is -3.00. The molecule has 0 saturated carbocycles. The molecule has 0 saturated heterocycles.